The lowest BCUT2D eigenvalue weighted by atomic mass is 10.0. The van der Waals surface area contributed by atoms with Gasteiger partial charge in [-0.2, -0.15) is 17.4 Å². The van der Waals surface area contributed by atoms with Crippen molar-refractivity contribution in [2.45, 2.75) is 26.3 Å². The third kappa shape index (κ3) is 3.51. The van der Waals surface area contributed by atoms with Gasteiger partial charge in [0.05, 0.1) is 0 Å². The molecule has 1 unspecified atom stereocenters. The summed E-state index contributed by atoms with van der Waals surface area (Å²) in [5, 5.41) is 0. The lowest BCUT2D eigenvalue weighted by Crippen LogP contribution is -2.45. The molecule has 1 fully saturated rings. The van der Waals surface area contributed by atoms with Gasteiger partial charge in [-0.3, -0.25) is 4.98 Å². The number of aromatic nitrogens is 1. The van der Waals surface area contributed by atoms with Crippen molar-refractivity contribution in [3.8, 4) is 0 Å². The largest absolute Gasteiger partial charge is 0.279 e. The normalized spacial score (nSPS) is 21.9. The Balaban J connectivity index is 1.95. The van der Waals surface area contributed by atoms with Crippen molar-refractivity contribution in [3.05, 3.63) is 30.1 Å². The van der Waals surface area contributed by atoms with Crippen molar-refractivity contribution in [2.75, 3.05) is 13.1 Å². The molecule has 0 radical (unpaired) electrons. The Morgan fingerprint density at radius 1 is 1.56 bits per heavy atom. The predicted molar refractivity (Wildman–Crippen MR) is 70.0 cm³/mol. The molecule has 0 aliphatic carbocycles. The van der Waals surface area contributed by atoms with Gasteiger partial charge >= 0.3 is 0 Å². The summed E-state index contributed by atoms with van der Waals surface area (Å²) < 4.78 is 28.4. The van der Waals surface area contributed by atoms with Crippen LogP contribution < -0.4 is 4.72 Å². The maximum Gasteiger partial charge on any atom is 0.279 e. The fourth-order valence-corrected chi connectivity index (χ4v) is 3.48. The van der Waals surface area contributed by atoms with Gasteiger partial charge in [-0.15, -0.1) is 0 Å². The van der Waals surface area contributed by atoms with E-state index in [9.17, 15) is 8.42 Å². The predicted octanol–water partition coefficient (Wildman–Crippen LogP) is 1.15. The molecule has 100 valence electrons. The van der Waals surface area contributed by atoms with Crippen LogP contribution in [0.15, 0.2) is 24.5 Å². The van der Waals surface area contributed by atoms with Crippen LogP contribution in [-0.2, 0) is 16.8 Å². The number of nitrogens with zero attached hydrogens (tertiary/aromatic N) is 2. The highest BCUT2D eigenvalue weighted by molar-refractivity contribution is 7.87. The number of hydrogen-bond donors (Lipinski definition) is 1. The highest BCUT2D eigenvalue weighted by Crippen LogP contribution is 2.17. The quantitative estimate of drug-likeness (QED) is 0.892. The fourth-order valence-electron chi connectivity index (χ4n) is 2.13. The summed E-state index contributed by atoms with van der Waals surface area (Å²) in [5.41, 5.74) is 0.867. The van der Waals surface area contributed by atoms with Crippen LogP contribution in [0.3, 0.4) is 0 Å². The highest BCUT2D eigenvalue weighted by atomic mass is 32.2. The van der Waals surface area contributed by atoms with E-state index in [-0.39, 0.29) is 0 Å². The van der Waals surface area contributed by atoms with Crippen molar-refractivity contribution in [3.63, 3.8) is 0 Å². The molecule has 1 aliphatic rings. The molecule has 2 rings (SSSR count). The van der Waals surface area contributed by atoms with E-state index < -0.39 is 10.2 Å². The molecule has 1 aromatic heterocycles. The van der Waals surface area contributed by atoms with Gasteiger partial charge in [-0.25, -0.2) is 0 Å². The summed E-state index contributed by atoms with van der Waals surface area (Å²) in [4.78, 5) is 3.96. The molecule has 1 atom stereocenters. The molecule has 0 aromatic carbocycles. The fraction of sp³-hybridized carbons (Fsp3) is 0.583. The van der Waals surface area contributed by atoms with Gasteiger partial charge in [0.1, 0.15) is 0 Å². The Bertz CT molecular complexity index is 475. The first-order valence-electron chi connectivity index (χ1n) is 6.21. The Labute approximate surface area is 108 Å². The second kappa shape index (κ2) is 5.77. The number of piperidine rings is 1. The number of rotatable bonds is 4. The zero-order chi connectivity index (χ0) is 13.0. The van der Waals surface area contributed by atoms with Gasteiger partial charge in [0.15, 0.2) is 0 Å². The van der Waals surface area contributed by atoms with Crippen molar-refractivity contribution in [1.82, 2.24) is 14.0 Å². The topological polar surface area (TPSA) is 62.3 Å². The van der Waals surface area contributed by atoms with Gasteiger partial charge in [0.25, 0.3) is 10.2 Å². The SMILES string of the molecule is CC1CCCN(S(=O)(=O)NCc2cccnc2)C1. The maximum atomic E-state index is 12.1. The second-order valence-corrected chi connectivity index (χ2v) is 6.55. The molecular formula is C12H19N3O2S. The average Bonchev–Trinajstić information content (AvgIpc) is 2.38. The van der Waals surface area contributed by atoms with E-state index in [2.05, 4.69) is 16.6 Å². The zero-order valence-corrected chi connectivity index (χ0v) is 11.4. The summed E-state index contributed by atoms with van der Waals surface area (Å²) >= 11 is 0. The molecular weight excluding hydrogens is 250 g/mol. The first-order chi connectivity index (χ1) is 8.58. The third-order valence-corrected chi connectivity index (χ3v) is 4.66. The molecule has 0 spiro atoms. The van der Waals surface area contributed by atoms with E-state index in [0.29, 0.717) is 25.6 Å². The van der Waals surface area contributed by atoms with Gasteiger partial charge in [0, 0.05) is 32.0 Å². The van der Waals surface area contributed by atoms with Crippen molar-refractivity contribution in [2.24, 2.45) is 5.92 Å². The minimum Gasteiger partial charge on any atom is -0.264 e. The lowest BCUT2D eigenvalue weighted by molar-refractivity contribution is 0.278. The van der Waals surface area contributed by atoms with Crippen LogP contribution in [0.2, 0.25) is 0 Å². The maximum absolute atomic E-state index is 12.1. The van der Waals surface area contributed by atoms with Gasteiger partial charge in [-0.05, 0) is 30.4 Å². The number of pyridine rings is 1. The van der Waals surface area contributed by atoms with Crippen LogP contribution in [-0.4, -0.2) is 30.8 Å². The summed E-state index contributed by atoms with van der Waals surface area (Å²) in [6.07, 6.45) is 5.38. The molecule has 1 saturated heterocycles. The molecule has 18 heavy (non-hydrogen) atoms. The van der Waals surface area contributed by atoms with Gasteiger partial charge < -0.3 is 0 Å². The molecule has 0 amide bonds. The van der Waals surface area contributed by atoms with E-state index in [4.69, 9.17) is 0 Å². The third-order valence-electron chi connectivity index (χ3n) is 3.14. The first-order valence-corrected chi connectivity index (χ1v) is 7.65. The minimum absolute atomic E-state index is 0.293. The highest BCUT2D eigenvalue weighted by Gasteiger charge is 2.26. The van der Waals surface area contributed by atoms with E-state index >= 15 is 0 Å². The zero-order valence-electron chi connectivity index (χ0n) is 10.5. The van der Waals surface area contributed by atoms with Crippen LogP contribution in [0.1, 0.15) is 25.3 Å². The molecule has 0 saturated carbocycles. The van der Waals surface area contributed by atoms with E-state index in [1.165, 1.54) is 4.31 Å². The molecule has 2 heterocycles. The molecule has 5 nitrogen and oxygen atoms in total. The van der Waals surface area contributed by atoms with Crippen LogP contribution in [0.5, 0.6) is 0 Å². The summed E-state index contributed by atoms with van der Waals surface area (Å²) in [6, 6.07) is 3.65. The van der Waals surface area contributed by atoms with Crippen LogP contribution in [0.25, 0.3) is 0 Å². The standard InChI is InChI=1S/C12H19N3O2S/c1-11-4-3-7-15(10-11)18(16,17)14-9-12-5-2-6-13-8-12/h2,5-6,8,11,14H,3-4,7,9-10H2,1H3. The Kier molecular flexibility index (Phi) is 4.31. The molecule has 0 bridgehead atoms. The van der Waals surface area contributed by atoms with Crippen LogP contribution >= 0.6 is 0 Å². The first kappa shape index (κ1) is 13.5. The summed E-state index contributed by atoms with van der Waals surface area (Å²) in [6.45, 7) is 3.61. The minimum atomic E-state index is -3.36. The Morgan fingerprint density at radius 3 is 3.06 bits per heavy atom. The Morgan fingerprint density at radius 2 is 2.39 bits per heavy atom. The monoisotopic (exact) mass is 269 g/mol. The molecule has 6 heteroatoms. The van der Waals surface area contributed by atoms with E-state index in [1.807, 2.05) is 6.07 Å². The van der Waals surface area contributed by atoms with Crippen LogP contribution in [0.4, 0.5) is 0 Å². The molecule has 1 N–H and O–H groups in total. The molecule has 1 aliphatic heterocycles. The van der Waals surface area contributed by atoms with E-state index in [0.717, 1.165) is 18.4 Å². The molecule has 1 aromatic rings. The second-order valence-electron chi connectivity index (χ2n) is 4.79. The van der Waals surface area contributed by atoms with Gasteiger partial charge in [-0.1, -0.05) is 13.0 Å². The van der Waals surface area contributed by atoms with E-state index in [1.54, 1.807) is 18.5 Å². The number of nitrogens with one attached hydrogen (secondary N) is 1. The van der Waals surface area contributed by atoms with Crippen LogP contribution in [0, 0.1) is 5.92 Å². The Hall–Kier alpha value is -0.980. The number of hydrogen-bond acceptors (Lipinski definition) is 3. The van der Waals surface area contributed by atoms with Crippen molar-refractivity contribution >= 4 is 10.2 Å². The van der Waals surface area contributed by atoms with Gasteiger partial charge in [0.2, 0.25) is 0 Å². The smallest absolute Gasteiger partial charge is 0.264 e. The summed E-state index contributed by atoms with van der Waals surface area (Å²) in [7, 11) is -3.36. The summed E-state index contributed by atoms with van der Waals surface area (Å²) in [5.74, 6) is 0.439. The van der Waals surface area contributed by atoms with Crippen molar-refractivity contribution in [1.29, 1.82) is 0 Å². The average molecular weight is 269 g/mol. The van der Waals surface area contributed by atoms with Crippen molar-refractivity contribution < 1.29 is 8.42 Å². The lowest BCUT2D eigenvalue weighted by Gasteiger charge is -2.29.